The summed E-state index contributed by atoms with van der Waals surface area (Å²) in [7, 11) is 0. The molecule has 0 aliphatic heterocycles. The maximum absolute atomic E-state index is 12.5. The molecule has 3 aromatic rings. The van der Waals surface area contributed by atoms with Crippen molar-refractivity contribution in [3.63, 3.8) is 0 Å². The molecule has 1 aromatic carbocycles. The predicted octanol–water partition coefficient (Wildman–Crippen LogP) is 3.72. The smallest absolute Gasteiger partial charge is 0.255 e. The second-order valence-electron chi connectivity index (χ2n) is 5.49. The number of benzene rings is 1. The van der Waals surface area contributed by atoms with Gasteiger partial charge in [0.15, 0.2) is 5.82 Å². The summed E-state index contributed by atoms with van der Waals surface area (Å²) < 4.78 is 1.65. The molecular formula is C18H17ClN4O. The monoisotopic (exact) mass is 340 g/mol. The molecule has 0 bridgehead atoms. The highest BCUT2D eigenvalue weighted by Gasteiger charge is 2.17. The van der Waals surface area contributed by atoms with E-state index in [-0.39, 0.29) is 11.9 Å². The molecule has 0 spiro atoms. The van der Waals surface area contributed by atoms with Gasteiger partial charge in [-0.1, -0.05) is 29.8 Å². The molecule has 0 unspecified atom stereocenters. The first-order valence-electron chi connectivity index (χ1n) is 7.58. The highest BCUT2D eigenvalue weighted by atomic mass is 35.5. The minimum Gasteiger partial charge on any atom is -0.345 e. The summed E-state index contributed by atoms with van der Waals surface area (Å²) in [5, 5.41) is 7.93. The number of nitrogens with zero attached hydrogens (tertiary/aromatic N) is 3. The molecule has 122 valence electrons. The molecule has 5 nitrogen and oxygen atoms in total. The Balaban J connectivity index is 1.78. The minimum atomic E-state index is -0.169. The second kappa shape index (κ2) is 6.84. The van der Waals surface area contributed by atoms with Crippen LogP contribution in [-0.4, -0.2) is 20.7 Å². The Morgan fingerprint density at radius 1 is 1.21 bits per heavy atom. The van der Waals surface area contributed by atoms with Crippen LogP contribution < -0.4 is 5.32 Å². The number of hydrogen-bond acceptors (Lipinski definition) is 3. The van der Waals surface area contributed by atoms with Crippen LogP contribution in [0.3, 0.4) is 0 Å². The Labute approximate surface area is 145 Å². The number of pyridine rings is 1. The van der Waals surface area contributed by atoms with Gasteiger partial charge in [-0.05, 0) is 43.7 Å². The number of rotatable bonds is 4. The fourth-order valence-electron chi connectivity index (χ4n) is 2.45. The first-order valence-corrected chi connectivity index (χ1v) is 7.96. The largest absolute Gasteiger partial charge is 0.345 e. The maximum Gasteiger partial charge on any atom is 0.255 e. The van der Waals surface area contributed by atoms with E-state index < -0.39 is 0 Å². The van der Waals surface area contributed by atoms with E-state index in [2.05, 4.69) is 15.4 Å². The van der Waals surface area contributed by atoms with Crippen molar-refractivity contribution in [1.82, 2.24) is 20.1 Å². The van der Waals surface area contributed by atoms with Gasteiger partial charge in [-0.3, -0.25) is 4.79 Å². The Morgan fingerprint density at radius 2 is 1.96 bits per heavy atom. The quantitative estimate of drug-likeness (QED) is 0.787. The van der Waals surface area contributed by atoms with Crippen molar-refractivity contribution in [2.75, 3.05) is 0 Å². The molecule has 1 N–H and O–H groups in total. The Kier molecular flexibility index (Phi) is 4.62. The predicted molar refractivity (Wildman–Crippen MR) is 93.4 cm³/mol. The van der Waals surface area contributed by atoms with E-state index in [9.17, 15) is 4.79 Å². The summed E-state index contributed by atoms with van der Waals surface area (Å²) in [5.41, 5.74) is 2.26. The molecule has 2 aromatic heterocycles. The summed E-state index contributed by atoms with van der Waals surface area (Å²) >= 11 is 5.90. The molecule has 6 heteroatoms. The van der Waals surface area contributed by atoms with Crippen molar-refractivity contribution in [3.05, 3.63) is 76.7 Å². The van der Waals surface area contributed by atoms with Crippen molar-refractivity contribution in [1.29, 1.82) is 0 Å². The van der Waals surface area contributed by atoms with E-state index in [0.717, 1.165) is 11.3 Å². The van der Waals surface area contributed by atoms with Gasteiger partial charge in [0.1, 0.15) is 0 Å². The molecule has 0 radical (unpaired) electrons. The van der Waals surface area contributed by atoms with Gasteiger partial charge in [0.2, 0.25) is 0 Å². The zero-order chi connectivity index (χ0) is 17.1. The number of carbonyl (C=O) groups is 1. The third-order valence-corrected chi connectivity index (χ3v) is 4.09. The average molecular weight is 341 g/mol. The highest BCUT2D eigenvalue weighted by Crippen LogP contribution is 2.18. The van der Waals surface area contributed by atoms with Gasteiger partial charge in [-0.15, -0.1) is 0 Å². The van der Waals surface area contributed by atoms with Crippen molar-refractivity contribution < 1.29 is 4.79 Å². The van der Waals surface area contributed by atoms with Crippen molar-refractivity contribution >= 4 is 17.5 Å². The number of aromatic nitrogens is 3. The van der Waals surface area contributed by atoms with Gasteiger partial charge in [0, 0.05) is 11.2 Å². The van der Waals surface area contributed by atoms with Gasteiger partial charge in [-0.2, -0.15) is 5.10 Å². The highest BCUT2D eigenvalue weighted by molar-refractivity contribution is 6.30. The molecule has 0 fully saturated rings. The zero-order valence-electron chi connectivity index (χ0n) is 13.4. The molecule has 0 saturated heterocycles. The molecular weight excluding hydrogens is 324 g/mol. The standard InChI is InChI=1S/C18H17ClN4O/c1-12(14-6-8-15(19)9-7-14)22-18(24)16-11-21-23(13(16)2)17-5-3-4-10-20-17/h3-12H,1-2H3,(H,22,24)/t12-/m1/s1. The van der Waals surface area contributed by atoms with Crippen LogP contribution in [0.25, 0.3) is 5.82 Å². The first kappa shape index (κ1) is 16.2. The Morgan fingerprint density at radius 3 is 2.62 bits per heavy atom. The molecule has 0 saturated carbocycles. The van der Waals surface area contributed by atoms with E-state index in [1.54, 1.807) is 17.1 Å². The van der Waals surface area contributed by atoms with E-state index in [1.165, 1.54) is 0 Å². The number of halogens is 1. The van der Waals surface area contributed by atoms with Crippen LogP contribution in [0.2, 0.25) is 5.02 Å². The van der Waals surface area contributed by atoms with Crippen LogP contribution in [0.1, 0.15) is 34.6 Å². The number of nitrogens with one attached hydrogen (secondary N) is 1. The molecule has 1 atom stereocenters. The topological polar surface area (TPSA) is 59.8 Å². The van der Waals surface area contributed by atoms with E-state index in [0.29, 0.717) is 16.4 Å². The SMILES string of the molecule is Cc1c(C(=O)N[C@H](C)c2ccc(Cl)cc2)cnn1-c1ccccn1. The molecule has 2 heterocycles. The fraction of sp³-hybridized carbons (Fsp3) is 0.167. The molecule has 0 aliphatic carbocycles. The minimum absolute atomic E-state index is 0.132. The summed E-state index contributed by atoms with van der Waals surface area (Å²) in [6.45, 7) is 3.78. The molecule has 3 rings (SSSR count). The van der Waals surface area contributed by atoms with Crippen molar-refractivity contribution in [3.8, 4) is 5.82 Å². The molecule has 0 aliphatic rings. The van der Waals surface area contributed by atoms with Crippen LogP contribution in [0.5, 0.6) is 0 Å². The van der Waals surface area contributed by atoms with Crippen molar-refractivity contribution in [2.24, 2.45) is 0 Å². The lowest BCUT2D eigenvalue weighted by Gasteiger charge is -2.14. The van der Waals surface area contributed by atoms with E-state index in [1.807, 2.05) is 56.3 Å². The number of amides is 1. The third-order valence-electron chi connectivity index (χ3n) is 3.84. The van der Waals surface area contributed by atoms with Gasteiger partial charge in [0.05, 0.1) is 23.5 Å². The van der Waals surface area contributed by atoms with Crippen LogP contribution in [0.4, 0.5) is 0 Å². The van der Waals surface area contributed by atoms with Crippen LogP contribution in [0.15, 0.2) is 54.9 Å². The van der Waals surface area contributed by atoms with Gasteiger partial charge >= 0.3 is 0 Å². The zero-order valence-corrected chi connectivity index (χ0v) is 14.2. The Hall–Kier alpha value is -2.66. The van der Waals surface area contributed by atoms with Gasteiger partial charge in [-0.25, -0.2) is 9.67 Å². The molecule has 24 heavy (non-hydrogen) atoms. The van der Waals surface area contributed by atoms with Gasteiger partial charge in [0.25, 0.3) is 5.91 Å². The van der Waals surface area contributed by atoms with Crippen LogP contribution in [0, 0.1) is 6.92 Å². The maximum atomic E-state index is 12.5. The number of carbonyl (C=O) groups excluding carboxylic acids is 1. The number of hydrogen-bond donors (Lipinski definition) is 1. The lowest BCUT2D eigenvalue weighted by atomic mass is 10.1. The second-order valence-corrected chi connectivity index (χ2v) is 5.93. The summed E-state index contributed by atoms with van der Waals surface area (Å²) in [5.74, 6) is 0.511. The Bertz CT molecular complexity index is 843. The summed E-state index contributed by atoms with van der Waals surface area (Å²) in [4.78, 5) is 16.8. The fourth-order valence-corrected chi connectivity index (χ4v) is 2.58. The normalized spacial score (nSPS) is 12.0. The third kappa shape index (κ3) is 3.31. The van der Waals surface area contributed by atoms with Crippen LogP contribution in [-0.2, 0) is 0 Å². The van der Waals surface area contributed by atoms with Crippen LogP contribution >= 0.6 is 11.6 Å². The molecule has 1 amide bonds. The van der Waals surface area contributed by atoms with Gasteiger partial charge < -0.3 is 5.32 Å². The summed E-state index contributed by atoms with van der Waals surface area (Å²) in [6.07, 6.45) is 3.26. The lowest BCUT2D eigenvalue weighted by molar-refractivity contribution is 0.0939. The first-order chi connectivity index (χ1) is 11.6. The van der Waals surface area contributed by atoms with E-state index in [4.69, 9.17) is 11.6 Å². The average Bonchev–Trinajstić information content (AvgIpc) is 2.98. The van der Waals surface area contributed by atoms with Crippen molar-refractivity contribution in [2.45, 2.75) is 19.9 Å². The summed E-state index contributed by atoms with van der Waals surface area (Å²) in [6, 6.07) is 12.9. The van der Waals surface area contributed by atoms with E-state index >= 15 is 0 Å². The lowest BCUT2D eigenvalue weighted by Crippen LogP contribution is -2.27.